The summed E-state index contributed by atoms with van der Waals surface area (Å²) in [6, 6.07) is 0. The molecule has 0 spiro atoms. The molecule has 0 bridgehead atoms. The van der Waals surface area contributed by atoms with Gasteiger partial charge in [0.1, 0.15) is 17.7 Å². The van der Waals surface area contributed by atoms with E-state index in [1.165, 1.54) is 0 Å². The molecule has 0 aliphatic heterocycles. The highest BCUT2D eigenvalue weighted by Gasteiger charge is 2.05. The number of aryl methyl sites for hydroxylation is 1. The summed E-state index contributed by atoms with van der Waals surface area (Å²) in [7, 11) is 0. The van der Waals surface area contributed by atoms with Crippen molar-refractivity contribution in [3.8, 4) is 0 Å². The molecule has 0 amide bonds. The van der Waals surface area contributed by atoms with E-state index in [0.717, 1.165) is 49.1 Å². The standard InChI is InChI=1S/C16H27N7S/c1-4-17-16(18-7-5-6-8-23-11-20-21-12-23)19-9-15-22-14(10-24-15)13(2)3/h10-13H,4-9H2,1-3H3,(H2,17,18,19). The predicted molar refractivity (Wildman–Crippen MR) is 98.3 cm³/mol. The van der Waals surface area contributed by atoms with Crippen molar-refractivity contribution >= 4 is 17.3 Å². The van der Waals surface area contributed by atoms with E-state index in [2.05, 4.69) is 57.0 Å². The minimum atomic E-state index is 0.469. The Labute approximate surface area is 147 Å². The van der Waals surface area contributed by atoms with Crippen molar-refractivity contribution in [2.45, 2.75) is 52.6 Å². The Morgan fingerprint density at radius 2 is 2.04 bits per heavy atom. The summed E-state index contributed by atoms with van der Waals surface area (Å²) >= 11 is 1.68. The van der Waals surface area contributed by atoms with Crippen LogP contribution in [0.3, 0.4) is 0 Å². The number of hydrogen-bond donors (Lipinski definition) is 2. The van der Waals surface area contributed by atoms with Crippen LogP contribution < -0.4 is 10.6 Å². The zero-order valence-corrected chi connectivity index (χ0v) is 15.5. The molecule has 24 heavy (non-hydrogen) atoms. The fourth-order valence-corrected chi connectivity index (χ4v) is 2.99. The van der Waals surface area contributed by atoms with Crippen molar-refractivity contribution in [2.24, 2.45) is 4.99 Å². The van der Waals surface area contributed by atoms with Gasteiger partial charge in [0.25, 0.3) is 0 Å². The maximum Gasteiger partial charge on any atom is 0.191 e. The fourth-order valence-electron chi connectivity index (χ4n) is 2.12. The van der Waals surface area contributed by atoms with E-state index in [-0.39, 0.29) is 0 Å². The summed E-state index contributed by atoms with van der Waals surface area (Å²) in [5.41, 5.74) is 1.15. The number of nitrogens with zero attached hydrogens (tertiary/aromatic N) is 5. The highest BCUT2D eigenvalue weighted by Crippen LogP contribution is 2.18. The summed E-state index contributed by atoms with van der Waals surface area (Å²) in [6.45, 7) is 9.70. The third kappa shape index (κ3) is 6.27. The molecule has 2 rings (SSSR count). The third-order valence-electron chi connectivity index (χ3n) is 3.48. The first kappa shape index (κ1) is 18.4. The number of unbranched alkanes of at least 4 members (excludes halogenated alkanes) is 1. The molecule has 2 aromatic heterocycles. The lowest BCUT2D eigenvalue weighted by Gasteiger charge is -2.10. The summed E-state index contributed by atoms with van der Waals surface area (Å²) in [5, 5.41) is 17.4. The van der Waals surface area contributed by atoms with Crippen LogP contribution in [0.5, 0.6) is 0 Å². The van der Waals surface area contributed by atoms with Crippen LogP contribution in [0.4, 0.5) is 0 Å². The van der Waals surface area contributed by atoms with E-state index >= 15 is 0 Å². The maximum atomic E-state index is 4.62. The second-order valence-electron chi connectivity index (χ2n) is 5.85. The number of nitrogens with one attached hydrogen (secondary N) is 2. The molecule has 0 aliphatic rings. The number of rotatable bonds is 9. The zero-order chi connectivity index (χ0) is 17.2. The average molecular weight is 350 g/mol. The first-order valence-corrected chi connectivity index (χ1v) is 9.36. The molecule has 132 valence electrons. The van der Waals surface area contributed by atoms with Crippen LogP contribution >= 0.6 is 11.3 Å². The molecule has 8 heteroatoms. The number of thiazole rings is 1. The van der Waals surface area contributed by atoms with E-state index in [0.29, 0.717) is 12.5 Å². The van der Waals surface area contributed by atoms with Crippen LogP contribution in [0.1, 0.15) is 50.2 Å². The van der Waals surface area contributed by atoms with E-state index in [9.17, 15) is 0 Å². The Morgan fingerprint density at radius 1 is 1.25 bits per heavy atom. The molecule has 0 aliphatic carbocycles. The maximum absolute atomic E-state index is 4.62. The second-order valence-corrected chi connectivity index (χ2v) is 6.79. The lowest BCUT2D eigenvalue weighted by molar-refractivity contribution is 0.597. The molecule has 0 atom stereocenters. The van der Waals surface area contributed by atoms with Gasteiger partial charge >= 0.3 is 0 Å². The van der Waals surface area contributed by atoms with Crippen molar-refractivity contribution in [1.29, 1.82) is 0 Å². The summed E-state index contributed by atoms with van der Waals surface area (Å²) in [6.07, 6.45) is 5.64. The normalized spacial score (nSPS) is 11.9. The minimum absolute atomic E-state index is 0.469. The van der Waals surface area contributed by atoms with Crippen molar-refractivity contribution < 1.29 is 0 Å². The highest BCUT2D eigenvalue weighted by atomic mass is 32.1. The van der Waals surface area contributed by atoms with E-state index in [4.69, 9.17) is 0 Å². The van der Waals surface area contributed by atoms with Crippen LogP contribution in [-0.2, 0) is 13.1 Å². The largest absolute Gasteiger partial charge is 0.357 e. The van der Waals surface area contributed by atoms with E-state index in [1.54, 1.807) is 24.0 Å². The van der Waals surface area contributed by atoms with Crippen molar-refractivity contribution in [3.63, 3.8) is 0 Å². The van der Waals surface area contributed by atoms with Gasteiger partial charge in [0.15, 0.2) is 5.96 Å². The first-order chi connectivity index (χ1) is 11.7. The van der Waals surface area contributed by atoms with Crippen molar-refractivity contribution in [3.05, 3.63) is 28.7 Å². The number of aliphatic imine (C=N–C) groups is 1. The van der Waals surface area contributed by atoms with Gasteiger partial charge in [0.2, 0.25) is 0 Å². The minimum Gasteiger partial charge on any atom is -0.357 e. The molecule has 0 saturated heterocycles. The fraction of sp³-hybridized carbons (Fsp3) is 0.625. The molecule has 2 heterocycles. The molecule has 2 aromatic rings. The SMILES string of the molecule is CCNC(=NCc1nc(C(C)C)cs1)NCCCCn1cnnc1. The molecule has 0 aromatic carbocycles. The molecule has 0 saturated carbocycles. The number of aromatic nitrogens is 4. The quantitative estimate of drug-likeness (QED) is 0.413. The van der Waals surface area contributed by atoms with Gasteiger partial charge in [-0.2, -0.15) is 0 Å². The summed E-state index contributed by atoms with van der Waals surface area (Å²) < 4.78 is 1.99. The molecule has 0 radical (unpaired) electrons. The van der Waals surface area contributed by atoms with Gasteiger partial charge in [0, 0.05) is 25.0 Å². The lowest BCUT2D eigenvalue weighted by atomic mass is 10.2. The van der Waals surface area contributed by atoms with Gasteiger partial charge in [-0.25, -0.2) is 9.98 Å². The molecule has 2 N–H and O–H groups in total. The van der Waals surface area contributed by atoms with E-state index in [1.807, 2.05) is 4.57 Å². The summed E-state index contributed by atoms with van der Waals surface area (Å²) in [5.74, 6) is 1.32. The van der Waals surface area contributed by atoms with Crippen LogP contribution in [0, 0.1) is 0 Å². The van der Waals surface area contributed by atoms with Crippen LogP contribution in [0.15, 0.2) is 23.0 Å². The van der Waals surface area contributed by atoms with Crippen LogP contribution in [0.2, 0.25) is 0 Å². The number of hydrogen-bond acceptors (Lipinski definition) is 5. The van der Waals surface area contributed by atoms with Gasteiger partial charge < -0.3 is 15.2 Å². The molecular weight excluding hydrogens is 322 g/mol. The number of guanidine groups is 1. The van der Waals surface area contributed by atoms with Crippen LogP contribution in [0.25, 0.3) is 0 Å². The lowest BCUT2D eigenvalue weighted by Crippen LogP contribution is -2.37. The Balaban J connectivity index is 1.73. The summed E-state index contributed by atoms with van der Waals surface area (Å²) in [4.78, 5) is 9.24. The van der Waals surface area contributed by atoms with Gasteiger partial charge in [0.05, 0.1) is 12.2 Å². The van der Waals surface area contributed by atoms with Crippen molar-refractivity contribution in [1.82, 2.24) is 30.4 Å². The van der Waals surface area contributed by atoms with Gasteiger partial charge in [-0.15, -0.1) is 21.5 Å². The predicted octanol–water partition coefficient (Wildman–Crippen LogP) is 2.39. The first-order valence-electron chi connectivity index (χ1n) is 8.48. The topological polar surface area (TPSA) is 80.0 Å². The Bertz CT molecular complexity index is 604. The monoisotopic (exact) mass is 349 g/mol. The third-order valence-corrected chi connectivity index (χ3v) is 4.33. The van der Waals surface area contributed by atoms with Crippen molar-refractivity contribution in [2.75, 3.05) is 13.1 Å². The molecule has 0 unspecified atom stereocenters. The molecule has 7 nitrogen and oxygen atoms in total. The highest BCUT2D eigenvalue weighted by molar-refractivity contribution is 7.09. The molecular formula is C16H27N7S. The van der Waals surface area contributed by atoms with E-state index < -0.39 is 0 Å². The Kier molecular flexibility index (Phi) is 7.67. The van der Waals surface area contributed by atoms with Crippen LogP contribution in [-0.4, -0.2) is 38.8 Å². The van der Waals surface area contributed by atoms with Gasteiger partial charge in [-0.3, -0.25) is 0 Å². The van der Waals surface area contributed by atoms with Gasteiger partial charge in [-0.05, 0) is 25.7 Å². The molecule has 0 fully saturated rings. The average Bonchev–Trinajstić information content (AvgIpc) is 3.23. The Morgan fingerprint density at radius 3 is 2.71 bits per heavy atom. The van der Waals surface area contributed by atoms with Gasteiger partial charge in [-0.1, -0.05) is 13.8 Å². The second kappa shape index (κ2) is 10.0. The smallest absolute Gasteiger partial charge is 0.191 e. The Hall–Kier alpha value is -1.96. The zero-order valence-electron chi connectivity index (χ0n) is 14.7.